The number of anilines is 1. The Bertz CT molecular complexity index is 1380. The van der Waals surface area contributed by atoms with Crippen LogP contribution in [0, 0.1) is 6.92 Å². The van der Waals surface area contributed by atoms with Gasteiger partial charge in [-0.1, -0.05) is 35.3 Å². The van der Waals surface area contributed by atoms with E-state index in [-0.39, 0.29) is 32.6 Å². The maximum atomic E-state index is 13.0. The molecule has 10 heteroatoms. The van der Waals surface area contributed by atoms with Crippen LogP contribution in [0.4, 0.5) is 10.5 Å². The maximum Gasteiger partial charge on any atom is 0.336 e. The SMILES string of the molecule is Cc1ccc(C(=O)O)cc1-c1ccc(/C=C2\C(=O)NC(=O)N(c3cccc(Cl)c3Cl)C2=O)o1. The van der Waals surface area contributed by atoms with E-state index in [4.69, 9.17) is 27.6 Å². The minimum Gasteiger partial charge on any atom is -0.478 e. The van der Waals surface area contributed by atoms with Gasteiger partial charge in [0, 0.05) is 5.56 Å². The molecule has 0 radical (unpaired) electrons. The summed E-state index contributed by atoms with van der Waals surface area (Å²) in [5, 5.41) is 11.4. The van der Waals surface area contributed by atoms with Crippen LogP contribution in [0.3, 0.4) is 0 Å². The van der Waals surface area contributed by atoms with Gasteiger partial charge in [0.15, 0.2) is 0 Å². The number of carboxylic acids is 1. The predicted molar refractivity (Wildman–Crippen MR) is 121 cm³/mol. The highest BCUT2D eigenvalue weighted by molar-refractivity contribution is 6.46. The molecule has 0 spiro atoms. The number of benzene rings is 2. The molecule has 3 aromatic rings. The number of nitrogens with zero attached hydrogens (tertiary/aromatic N) is 1. The molecule has 4 amide bonds. The molecule has 0 unspecified atom stereocenters. The standard InChI is InChI=1S/C23H14Cl2N2O6/c1-11-5-6-12(22(30)31)9-14(11)18-8-7-13(33-18)10-15-20(28)26-23(32)27(21(15)29)17-4-2-3-16(24)19(17)25/h2-10H,1H3,(H,30,31)(H,26,28,32)/b15-10+. The lowest BCUT2D eigenvalue weighted by Crippen LogP contribution is -2.54. The Morgan fingerprint density at radius 2 is 1.85 bits per heavy atom. The maximum absolute atomic E-state index is 13.0. The number of furan rings is 1. The van der Waals surface area contributed by atoms with Gasteiger partial charge in [0.05, 0.1) is 21.3 Å². The largest absolute Gasteiger partial charge is 0.478 e. The third-order valence-electron chi connectivity index (χ3n) is 4.94. The van der Waals surface area contributed by atoms with Crippen LogP contribution in [0.25, 0.3) is 17.4 Å². The minimum atomic E-state index is -1.08. The van der Waals surface area contributed by atoms with Gasteiger partial charge < -0.3 is 9.52 Å². The van der Waals surface area contributed by atoms with E-state index in [0.717, 1.165) is 5.56 Å². The molecule has 0 aliphatic carbocycles. The Balaban J connectivity index is 1.72. The van der Waals surface area contributed by atoms with Crippen molar-refractivity contribution in [3.63, 3.8) is 0 Å². The quantitative estimate of drug-likeness (QED) is 0.400. The molecule has 1 aliphatic heterocycles. The topological polar surface area (TPSA) is 117 Å². The number of halogens is 2. The molecule has 2 aromatic carbocycles. The van der Waals surface area contributed by atoms with Gasteiger partial charge in [0.1, 0.15) is 17.1 Å². The van der Waals surface area contributed by atoms with Crippen LogP contribution in [0.15, 0.2) is 58.5 Å². The highest BCUT2D eigenvalue weighted by Gasteiger charge is 2.38. The second-order valence-electron chi connectivity index (χ2n) is 7.07. The summed E-state index contributed by atoms with van der Waals surface area (Å²) in [6.07, 6.45) is 1.19. The average Bonchev–Trinajstić information content (AvgIpc) is 3.22. The van der Waals surface area contributed by atoms with Crippen molar-refractivity contribution in [3.8, 4) is 11.3 Å². The van der Waals surface area contributed by atoms with Crippen LogP contribution in [0.5, 0.6) is 0 Å². The Hall–Kier alpha value is -3.88. The number of carbonyl (C=O) groups excluding carboxylic acids is 3. The Kier molecular flexibility index (Phi) is 5.80. The summed E-state index contributed by atoms with van der Waals surface area (Å²) in [5.41, 5.74) is 1.06. The first-order chi connectivity index (χ1) is 15.7. The Morgan fingerprint density at radius 3 is 2.58 bits per heavy atom. The fourth-order valence-corrected chi connectivity index (χ4v) is 3.66. The smallest absolute Gasteiger partial charge is 0.336 e. The molecular weight excluding hydrogens is 471 g/mol. The van der Waals surface area contributed by atoms with Crippen LogP contribution in [-0.2, 0) is 9.59 Å². The summed E-state index contributed by atoms with van der Waals surface area (Å²) in [7, 11) is 0. The van der Waals surface area contributed by atoms with Crippen molar-refractivity contribution in [2.24, 2.45) is 0 Å². The van der Waals surface area contributed by atoms with E-state index in [2.05, 4.69) is 5.32 Å². The van der Waals surface area contributed by atoms with E-state index in [1.807, 2.05) is 0 Å². The molecule has 0 saturated carbocycles. The highest BCUT2D eigenvalue weighted by atomic mass is 35.5. The van der Waals surface area contributed by atoms with E-state index in [9.17, 15) is 24.3 Å². The lowest BCUT2D eigenvalue weighted by atomic mass is 10.0. The molecule has 1 fully saturated rings. The van der Waals surface area contributed by atoms with Crippen LogP contribution in [0.1, 0.15) is 21.7 Å². The van der Waals surface area contributed by atoms with Gasteiger partial charge in [-0.05, 0) is 55.0 Å². The fourth-order valence-electron chi connectivity index (χ4n) is 3.28. The Labute approximate surface area is 197 Å². The molecule has 33 heavy (non-hydrogen) atoms. The van der Waals surface area contributed by atoms with E-state index >= 15 is 0 Å². The zero-order chi connectivity index (χ0) is 23.9. The monoisotopic (exact) mass is 484 g/mol. The van der Waals surface area contributed by atoms with E-state index in [1.165, 1.54) is 42.5 Å². The van der Waals surface area contributed by atoms with Crippen molar-refractivity contribution in [2.75, 3.05) is 4.90 Å². The fraction of sp³-hybridized carbons (Fsp3) is 0.0435. The normalized spacial score (nSPS) is 15.2. The number of urea groups is 1. The number of hydrogen-bond acceptors (Lipinski definition) is 5. The molecule has 4 rings (SSSR count). The van der Waals surface area contributed by atoms with Crippen LogP contribution >= 0.6 is 23.2 Å². The van der Waals surface area contributed by atoms with Gasteiger partial charge in [-0.3, -0.25) is 14.9 Å². The molecule has 1 saturated heterocycles. The Morgan fingerprint density at radius 1 is 1.09 bits per heavy atom. The number of imide groups is 2. The van der Waals surface area contributed by atoms with Gasteiger partial charge >= 0.3 is 12.0 Å². The number of aromatic carboxylic acids is 1. The van der Waals surface area contributed by atoms with Crippen LogP contribution in [-0.4, -0.2) is 28.9 Å². The number of nitrogens with one attached hydrogen (secondary N) is 1. The minimum absolute atomic E-state index is 0.0197. The molecule has 1 aromatic heterocycles. The molecule has 8 nitrogen and oxygen atoms in total. The zero-order valence-electron chi connectivity index (χ0n) is 16.9. The second kappa shape index (κ2) is 8.57. The van der Waals surface area contributed by atoms with Gasteiger partial charge in [-0.25, -0.2) is 14.5 Å². The van der Waals surface area contributed by atoms with Crippen molar-refractivity contribution in [2.45, 2.75) is 6.92 Å². The lowest BCUT2D eigenvalue weighted by molar-refractivity contribution is -0.122. The van der Waals surface area contributed by atoms with Crippen LogP contribution in [0.2, 0.25) is 10.0 Å². The molecule has 2 heterocycles. The van der Waals surface area contributed by atoms with Gasteiger partial charge in [0.2, 0.25) is 0 Å². The van der Waals surface area contributed by atoms with E-state index < -0.39 is 23.8 Å². The molecular formula is C23H14Cl2N2O6. The number of carboxylic acid groups (broad SMARTS) is 1. The number of barbiturate groups is 1. The highest BCUT2D eigenvalue weighted by Crippen LogP contribution is 2.34. The number of hydrogen-bond donors (Lipinski definition) is 2. The van der Waals surface area contributed by atoms with Crippen molar-refractivity contribution in [1.82, 2.24) is 5.32 Å². The summed E-state index contributed by atoms with van der Waals surface area (Å²) in [4.78, 5) is 49.8. The lowest BCUT2D eigenvalue weighted by Gasteiger charge is -2.27. The van der Waals surface area contributed by atoms with E-state index in [0.29, 0.717) is 16.2 Å². The summed E-state index contributed by atoms with van der Waals surface area (Å²) in [5.74, 6) is -2.40. The van der Waals surface area contributed by atoms with Crippen LogP contribution < -0.4 is 10.2 Å². The average molecular weight is 485 g/mol. The van der Waals surface area contributed by atoms with Crippen molar-refractivity contribution >= 4 is 58.8 Å². The van der Waals surface area contributed by atoms with Crippen molar-refractivity contribution < 1.29 is 28.7 Å². The summed E-state index contributed by atoms with van der Waals surface area (Å²) in [6, 6.07) is 11.2. The van der Waals surface area contributed by atoms with Gasteiger partial charge in [-0.15, -0.1) is 0 Å². The third kappa shape index (κ3) is 4.13. The first-order valence-corrected chi connectivity index (χ1v) is 10.2. The summed E-state index contributed by atoms with van der Waals surface area (Å²) in [6.45, 7) is 1.79. The number of carbonyl (C=O) groups is 4. The summed E-state index contributed by atoms with van der Waals surface area (Å²) < 4.78 is 5.74. The zero-order valence-corrected chi connectivity index (χ0v) is 18.4. The molecule has 0 bridgehead atoms. The van der Waals surface area contributed by atoms with Crippen molar-refractivity contribution in [1.29, 1.82) is 0 Å². The third-order valence-corrected chi connectivity index (χ3v) is 5.75. The first-order valence-electron chi connectivity index (χ1n) is 9.47. The number of aryl methyl sites for hydroxylation is 1. The van der Waals surface area contributed by atoms with Gasteiger partial charge in [0.25, 0.3) is 11.8 Å². The number of amides is 4. The van der Waals surface area contributed by atoms with Crippen molar-refractivity contribution in [3.05, 3.63) is 81.0 Å². The molecule has 166 valence electrons. The summed E-state index contributed by atoms with van der Waals surface area (Å²) >= 11 is 12.1. The predicted octanol–water partition coefficient (Wildman–Crippen LogP) is 4.93. The molecule has 2 N–H and O–H groups in total. The molecule has 1 aliphatic rings. The first kappa shape index (κ1) is 22.3. The van der Waals surface area contributed by atoms with E-state index in [1.54, 1.807) is 19.1 Å². The second-order valence-corrected chi connectivity index (χ2v) is 7.85. The number of rotatable bonds is 4. The molecule has 0 atom stereocenters. The van der Waals surface area contributed by atoms with Gasteiger partial charge in [-0.2, -0.15) is 0 Å².